The number of aliphatic hydroxyl groups excluding tert-OH is 1. The number of carbonyl (C=O) groups excluding carboxylic acids is 1. The Labute approximate surface area is 338 Å². The van der Waals surface area contributed by atoms with Crippen LogP contribution in [0.5, 0.6) is 0 Å². The quantitative estimate of drug-likeness (QED) is 0.114. The molecule has 0 spiro atoms. The number of nitrogens with one attached hydrogen (secondary N) is 1. The lowest BCUT2D eigenvalue weighted by atomic mass is 9.92. The van der Waals surface area contributed by atoms with Gasteiger partial charge in [0.2, 0.25) is 0 Å². The third-order valence-corrected chi connectivity index (χ3v) is 7.88. The second-order valence-electron chi connectivity index (χ2n) is 12.3. The van der Waals surface area contributed by atoms with Gasteiger partial charge >= 0.3 is 0 Å². The van der Waals surface area contributed by atoms with Crippen molar-refractivity contribution in [1.82, 2.24) is 5.32 Å². The summed E-state index contributed by atoms with van der Waals surface area (Å²) in [6.45, 7) is 6.17. The topological polar surface area (TPSA) is 58.6 Å². The van der Waals surface area contributed by atoms with Crippen molar-refractivity contribution in [2.45, 2.75) is 123 Å². The Hall–Kier alpha value is -6.67. The number of carbonyl (C=O) groups is 1. The summed E-state index contributed by atoms with van der Waals surface area (Å²) in [6, 6.07) is 9.26. The van der Waals surface area contributed by atoms with Crippen molar-refractivity contribution >= 4 is 5.91 Å². The number of rotatable bonds is 20. The molecule has 1 rings (SSSR count). The molecule has 0 aliphatic rings. The second-order valence-corrected chi connectivity index (χ2v) is 12.3. The molecule has 0 aromatic heterocycles. The molecule has 1 amide bonds. The highest BCUT2D eigenvalue weighted by Crippen LogP contribution is 2.22. The van der Waals surface area contributed by atoms with Crippen LogP contribution in [-0.4, -0.2) is 29.8 Å². The first-order valence-corrected chi connectivity index (χ1v) is 19.1. The van der Waals surface area contributed by atoms with Crippen LogP contribution in [-0.2, 0) is 16.1 Å². The monoisotopic (exact) mass is 735 g/mol. The Bertz CT molecular complexity index is 2140. The third kappa shape index (κ3) is 28.9. The molecular formula is C52H49NO3. The van der Waals surface area contributed by atoms with Gasteiger partial charge in [-0.05, 0) is 120 Å². The van der Waals surface area contributed by atoms with Crippen LogP contribution in [0, 0.1) is 148 Å². The first-order valence-electron chi connectivity index (χ1n) is 19.1. The van der Waals surface area contributed by atoms with E-state index in [-0.39, 0.29) is 18.6 Å². The fraction of sp³-hybridized carbons (Fsp3) is 0.404. The van der Waals surface area contributed by atoms with E-state index in [1.54, 1.807) is 6.92 Å². The molecule has 0 saturated heterocycles. The van der Waals surface area contributed by atoms with Crippen molar-refractivity contribution in [2.75, 3.05) is 6.61 Å². The van der Waals surface area contributed by atoms with Crippen molar-refractivity contribution in [3.63, 3.8) is 0 Å². The van der Waals surface area contributed by atoms with Gasteiger partial charge in [0.25, 0.3) is 5.91 Å². The van der Waals surface area contributed by atoms with Crippen LogP contribution in [0.4, 0.5) is 0 Å². The molecule has 0 radical (unpaired) electrons. The van der Waals surface area contributed by atoms with Gasteiger partial charge in [-0.2, -0.15) is 0 Å². The van der Waals surface area contributed by atoms with Crippen molar-refractivity contribution in [1.29, 1.82) is 0 Å². The SMILES string of the molecule is CC#CC#CC#CC#CC#CC#CC#CC#CC#CC#CC#CC#CC(=O)N[C@@H](CO)[C@H](OCc1ccccc1)[C@H](C)CCCCCCCCCCCCCC. The zero-order chi connectivity index (χ0) is 40.4. The van der Waals surface area contributed by atoms with Gasteiger partial charge in [-0.15, -0.1) is 0 Å². The lowest BCUT2D eigenvalue weighted by Gasteiger charge is -2.31. The molecule has 0 unspecified atom stereocenters. The average Bonchev–Trinajstić information content (AvgIpc) is 3.21. The van der Waals surface area contributed by atoms with E-state index in [9.17, 15) is 9.90 Å². The van der Waals surface area contributed by atoms with Crippen molar-refractivity contribution < 1.29 is 14.6 Å². The predicted molar refractivity (Wildman–Crippen MR) is 228 cm³/mol. The number of amides is 1. The van der Waals surface area contributed by atoms with Crippen LogP contribution < -0.4 is 5.32 Å². The molecule has 3 atom stereocenters. The summed E-state index contributed by atoms with van der Waals surface area (Å²) in [5, 5.41) is 13.1. The summed E-state index contributed by atoms with van der Waals surface area (Å²) in [5.74, 6) is 60.2. The molecule has 56 heavy (non-hydrogen) atoms. The maximum Gasteiger partial charge on any atom is 0.297 e. The zero-order valence-electron chi connectivity index (χ0n) is 33.0. The van der Waals surface area contributed by atoms with Gasteiger partial charge in [-0.1, -0.05) is 127 Å². The van der Waals surface area contributed by atoms with Gasteiger partial charge in [0.1, 0.15) is 0 Å². The van der Waals surface area contributed by atoms with E-state index in [0.29, 0.717) is 6.61 Å². The fourth-order valence-corrected chi connectivity index (χ4v) is 5.13. The summed E-state index contributed by atoms with van der Waals surface area (Å²) < 4.78 is 6.33. The predicted octanol–water partition coefficient (Wildman–Crippen LogP) is 6.84. The number of unbranched alkanes of at least 4 members (excludes halogenated alkanes) is 11. The number of benzene rings is 1. The molecular weight excluding hydrogens is 687 g/mol. The lowest BCUT2D eigenvalue weighted by molar-refractivity contribution is -0.119. The highest BCUT2D eigenvalue weighted by atomic mass is 16.5. The van der Waals surface area contributed by atoms with Crippen LogP contribution in [0.25, 0.3) is 0 Å². The third-order valence-electron chi connectivity index (χ3n) is 7.88. The van der Waals surface area contributed by atoms with Crippen molar-refractivity contribution in [3.8, 4) is 142 Å². The van der Waals surface area contributed by atoms with E-state index in [1.165, 1.54) is 70.6 Å². The highest BCUT2D eigenvalue weighted by Gasteiger charge is 2.28. The zero-order valence-corrected chi connectivity index (χ0v) is 33.0. The number of ether oxygens (including phenoxy) is 1. The summed E-state index contributed by atoms with van der Waals surface area (Å²) in [6.07, 6.45) is 16.0. The maximum atomic E-state index is 12.7. The molecule has 1 aromatic rings. The van der Waals surface area contributed by atoms with Gasteiger partial charge in [0.15, 0.2) is 0 Å². The minimum Gasteiger partial charge on any atom is -0.394 e. The van der Waals surface area contributed by atoms with Gasteiger partial charge in [0.05, 0.1) is 25.4 Å². The fourth-order valence-electron chi connectivity index (χ4n) is 5.13. The standard InChI is InChI=1S/C52H49NO3/c1-4-6-8-10-12-14-16-18-19-20-21-22-23-24-25-26-27-28-30-32-34-36-41-45-51(55)53-50(46-54)52(56-47-49-43-39-37-40-44-49)48(3)42-38-35-33-31-29-17-15-13-11-9-7-5-2/h37,39-40,43-44,48,50,52,54H,5,7,9,11,13,15,17,29,31,33,35,38,42,46-47H2,1-3H3,(H,53,55)/t48-,50+,52-/m1/s1. The molecule has 0 saturated carbocycles. The molecule has 0 bridgehead atoms. The van der Waals surface area contributed by atoms with Crippen molar-refractivity contribution in [2.24, 2.45) is 5.92 Å². The summed E-state index contributed by atoms with van der Waals surface area (Å²) in [4.78, 5) is 12.7. The van der Waals surface area contributed by atoms with E-state index in [4.69, 9.17) is 4.74 Å². The molecule has 0 aliphatic heterocycles. The minimum absolute atomic E-state index is 0.115. The first-order chi connectivity index (χ1) is 27.6. The maximum absolute atomic E-state index is 12.7. The van der Waals surface area contributed by atoms with Gasteiger partial charge in [-0.3, -0.25) is 4.79 Å². The van der Waals surface area contributed by atoms with E-state index in [2.05, 4.69) is 161 Å². The van der Waals surface area contributed by atoms with E-state index in [1.807, 2.05) is 30.3 Å². The Morgan fingerprint density at radius 1 is 0.589 bits per heavy atom. The van der Waals surface area contributed by atoms with Crippen LogP contribution >= 0.6 is 0 Å². The van der Waals surface area contributed by atoms with Crippen LogP contribution in [0.1, 0.15) is 110 Å². The normalized spacial score (nSPS) is 9.79. The minimum atomic E-state index is -0.620. The molecule has 4 nitrogen and oxygen atoms in total. The molecule has 0 heterocycles. The van der Waals surface area contributed by atoms with E-state index < -0.39 is 11.9 Å². The van der Waals surface area contributed by atoms with Crippen molar-refractivity contribution in [3.05, 3.63) is 35.9 Å². The van der Waals surface area contributed by atoms with Gasteiger partial charge < -0.3 is 15.2 Å². The largest absolute Gasteiger partial charge is 0.394 e. The average molecular weight is 736 g/mol. The molecule has 4 heteroatoms. The van der Waals surface area contributed by atoms with Gasteiger partial charge in [-0.25, -0.2) is 0 Å². The molecule has 0 aliphatic carbocycles. The number of hydrogen-bond acceptors (Lipinski definition) is 3. The van der Waals surface area contributed by atoms with E-state index in [0.717, 1.165) is 18.4 Å². The Morgan fingerprint density at radius 2 is 0.982 bits per heavy atom. The van der Waals surface area contributed by atoms with Crippen LogP contribution in [0.15, 0.2) is 30.3 Å². The van der Waals surface area contributed by atoms with Crippen LogP contribution in [0.2, 0.25) is 0 Å². The molecule has 0 fully saturated rings. The molecule has 2 N–H and O–H groups in total. The highest BCUT2D eigenvalue weighted by molar-refractivity contribution is 5.94. The summed E-state index contributed by atoms with van der Waals surface area (Å²) in [7, 11) is 0. The Kier molecular flexibility index (Phi) is 31.0. The van der Waals surface area contributed by atoms with Gasteiger partial charge in [0, 0.05) is 41.4 Å². The summed E-state index contributed by atoms with van der Waals surface area (Å²) >= 11 is 0. The lowest BCUT2D eigenvalue weighted by Crippen LogP contribution is -2.49. The number of aliphatic hydroxyl groups is 1. The summed E-state index contributed by atoms with van der Waals surface area (Å²) in [5.41, 5.74) is 1.03. The molecule has 1 aromatic carbocycles. The van der Waals surface area contributed by atoms with Crippen LogP contribution in [0.3, 0.4) is 0 Å². The number of hydrogen-bond donors (Lipinski definition) is 2. The smallest absolute Gasteiger partial charge is 0.297 e. The Morgan fingerprint density at radius 3 is 1.39 bits per heavy atom. The second kappa shape index (κ2) is 36.7. The van der Waals surface area contributed by atoms with E-state index >= 15 is 0 Å². The molecule has 280 valence electrons. The first kappa shape index (κ1) is 47.4. The Balaban J connectivity index is 2.61.